The van der Waals surface area contributed by atoms with E-state index in [-0.39, 0.29) is 0 Å². The van der Waals surface area contributed by atoms with Gasteiger partial charge < -0.3 is 14.8 Å². The van der Waals surface area contributed by atoms with Gasteiger partial charge in [-0.25, -0.2) is 9.97 Å². The highest BCUT2D eigenvalue weighted by atomic mass is 32.1. The van der Waals surface area contributed by atoms with Crippen molar-refractivity contribution >= 4 is 27.4 Å². The predicted octanol–water partition coefficient (Wildman–Crippen LogP) is 4.65. The first-order chi connectivity index (χ1) is 13.3. The molecular weight excluding hydrogens is 358 g/mol. The Morgan fingerprint density at radius 1 is 1.22 bits per heavy atom. The summed E-state index contributed by atoms with van der Waals surface area (Å²) in [6.07, 6.45) is 4.21. The van der Waals surface area contributed by atoms with Crippen LogP contribution in [0.4, 0.5) is 5.82 Å². The monoisotopic (exact) mass is 381 g/mol. The van der Waals surface area contributed by atoms with Gasteiger partial charge in [0.1, 0.15) is 17.3 Å². The van der Waals surface area contributed by atoms with Crippen LogP contribution in [0, 0.1) is 0 Å². The lowest BCUT2D eigenvalue weighted by Crippen LogP contribution is -2.11. The maximum absolute atomic E-state index is 5.39. The van der Waals surface area contributed by atoms with Crippen LogP contribution in [0.15, 0.2) is 47.4 Å². The molecule has 0 spiro atoms. The van der Waals surface area contributed by atoms with Gasteiger partial charge in [-0.2, -0.15) is 0 Å². The third kappa shape index (κ3) is 4.18. The minimum Gasteiger partial charge on any atom is -0.377 e. The summed E-state index contributed by atoms with van der Waals surface area (Å²) in [5, 5.41) is 6.80. The fraction of sp³-hybridized carbons (Fsp3) is 0.333. The largest absolute Gasteiger partial charge is 0.377 e. The molecule has 4 rings (SSSR count). The Morgan fingerprint density at radius 3 is 2.89 bits per heavy atom. The smallest absolute Gasteiger partial charge is 0.158 e. The Kier molecular flexibility index (Phi) is 5.77. The van der Waals surface area contributed by atoms with E-state index in [0.717, 1.165) is 48.6 Å². The predicted molar refractivity (Wildman–Crippen MR) is 110 cm³/mol. The van der Waals surface area contributed by atoms with E-state index in [2.05, 4.69) is 46.0 Å². The summed E-state index contributed by atoms with van der Waals surface area (Å²) >= 11 is 1.65. The van der Waals surface area contributed by atoms with Gasteiger partial charge in [-0.1, -0.05) is 42.0 Å². The van der Waals surface area contributed by atoms with Crippen molar-refractivity contribution in [2.24, 2.45) is 0 Å². The molecule has 0 aliphatic carbocycles. The Morgan fingerprint density at radius 2 is 2.11 bits per heavy atom. The van der Waals surface area contributed by atoms with E-state index in [4.69, 9.17) is 14.5 Å². The van der Waals surface area contributed by atoms with Gasteiger partial charge in [0, 0.05) is 24.6 Å². The molecule has 1 aliphatic rings. The van der Waals surface area contributed by atoms with Crippen molar-refractivity contribution in [3.63, 3.8) is 0 Å². The first-order valence-electron chi connectivity index (χ1n) is 9.17. The molecule has 3 heterocycles. The molecule has 1 N–H and O–H groups in total. The van der Waals surface area contributed by atoms with Crippen molar-refractivity contribution in [2.75, 3.05) is 32.2 Å². The van der Waals surface area contributed by atoms with Gasteiger partial charge in [0.05, 0.1) is 18.6 Å². The molecule has 6 heteroatoms. The van der Waals surface area contributed by atoms with Crippen LogP contribution in [0.2, 0.25) is 0 Å². The molecule has 0 saturated heterocycles. The van der Waals surface area contributed by atoms with E-state index in [1.54, 1.807) is 18.4 Å². The summed E-state index contributed by atoms with van der Waals surface area (Å²) in [5.41, 5.74) is 3.80. The summed E-state index contributed by atoms with van der Waals surface area (Å²) in [5.74, 6) is 1.60. The molecule has 27 heavy (non-hydrogen) atoms. The third-order valence-electron chi connectivity index (χ3n) is 4.63. The number of hydrogen-bond acceptors (Lipinski definition) is 6. The highest BCUT2D eigenvalue weighted by molar-refractivity contribution is 7.17. The average Bonchev–Trinajstić information content (AvgIpc) is 3.14. The minimum absolute atomic E-state index is 0.408. The lowest BCUT2D eigenvalue weighted by Gasteiger charge is -2.15. The second-order valence-corrected chi connectivity index (χ2v) is 7.34. The van der Waals surface area contributed by atoms with E-state index in [0.29, 0.717) is 12.4 Å². The number of fused-ring (bicyclic) bond motifs is 1. The maximum Gasteiger partial charge on any atom is 0.158 e. The van der Waals surface area contributed by atoms with Crippen LogP contribution in [0.5, 0.6) is 0 Å². The second-order valence-electron chi connectivity index (χ2n) is 6.48. The molecule has 5 nitrogen and oxygen atoms in total. The van der Waals surface area contributed by atoms with Gasteiger partial charge in [-0.05, 0) is 18.4 Å². The number of ether oxygens (including phenoxy) is 2. The molecule has 3 aromatic rings. The maximum atomic E-state index is 5.39. The summed E-state index contributed by atoms with van der Waals surface area (Å²) in [6, 6.07) is 10.4. The van der Waals surface area contributed by atoms with Crippen LogP contribution in [0.3, 0.4) is 0 Å². The number of hydrogen-bond donors (Lipinski definition) is 1. The molecule has 0 unspecified atom stereocenters. The van der Waals surface area contributed by atoms with Gasteiger partial charge in [0.15, 0.2) is 5.82 Å². The first-order valence-corrected chi connectivity index (χ1v) is 10.0. The zero-order valence-corrected chi connectivity index (χ0v) is 16.2. The Bertz CT molecular complexity index is 937. The number of aromatic nitrogens is 2. The molecule has 2 aromatic heterocycles. The van der Waals surface area contributed by atoms with Gasteiger partial charge in [-0.15, -0.1) is 11.3 Å². The van der Waals surface area contributed by atoms with Crippen molar-refractivity contribution in [3.05, 3.63) is 53.2 Å². The molecule has 0 amide bonds. The van der Waals surface area contributed by atoms with Crippen molar-refractivity contribution < 1.29 is 9.47 Å². The number of benzene rings is 1. The molecule has 0 saturated carbocycles. The fourth-order valence-corrected chi connectivity index (χ4v) is 4.24. The average molecular weight is 382 g/mol. The highest BCUT2D eigenvalue weighted by Gasteiger charge is 2.15. The normalized spacial score (nSPS) is 14.3. The third-order valence-corrected chi connectivity index (χ3v) is 5.51. The molecule has 1 aromatic carbocycles. The van der Waals surface area contributed by atoms with Crippen molar-refractivity contribution in [2.45, 2.75) is 19.4 Å². The van der Waals surface area contributed by atoms with Gasteiger partial charge in [-0.3, -0.25) is 0 Å². The molecular formula is C21H23N3O2S. The molecule has 0 bridgehead atoms. The number of methoxy groups -OCH3 is 1. The van der Waals surface area contributed by atoms with Crippen LogP contribution in [-0.4, -0.2) is 36.8 Å². The van der Waals surface area contributed by atoms with Crippen LogP contribution in [0.25, 0.3) is 21.3 Å². The molecule has 0 radical (unpaired) electrons. The zero-order valence-electron chi connectivity index (χ0n) is 15.4. The SMILES string of the molecule is COCc1nc(NCCC2=CCOCC2)c2c(-c3ccccc3)csc2n1. The Balaban J connectivity index is 1.65. The van der Waals surface area contributed by atoms with Crippen LogP contribution >= 0.6 is 11.3 Å². The Hall–Kier alpha value is -2.28. The van der Waals surface area contributed by atoms with Gasteiger partial charge in [0.2, 0.25) is 0 Å². The van der Waals surface area contributed by atoms with E-state index in [1.165, 1.54) is 16.7 Å². The van der Waals surface area contributed by atoms with E-state index in [1.807, 2.05) is 6.07 Å². The van der Waals surface area contributed by atoms with Gasteiger partial charge in [0.25, 0.3) is 0 Å². The number of thiophene rings is 1. The van der Waals surface area contributed by atoms with Crippen LogP contribution in [-0.2, 0) is 16.1 Å². The minimum atomic E-state index is 0.408. The number of nitrogens with one attached hydrogen (secondary N) is 1. The quantitative estimate of drug-likeness (QED) is 0.604. The standard InChI is InChI=1S/C21H23N3O2S/c1-25-13-18-23-20(22-10-7-15-8-11-26-12-9-15)19-17(14-27-21(19)24-18)16-5-3-2-4-6-16/h2-6,8,14H,7,9-13H2,1H3,(H,22,23,24). The molecule has 140 valence electrons. The van der Waals surface area contributed by atoms with Crippen LogP contribution in [0.1, 0.15) is 18.7 Å². The summed E-state index contributed by atoms with van der Waals surface area (Å²) in [6.45, 7) is 2.80. The lowest BCUT2D eigenvalue weighted by molar-refractivity contribution is 0.153. The summed E-state index contributed by atoms with van der Waals surface area (Å²) in [7, 11) is 1.67. The highest BCUT2D eigenvalue weighted by Crippen LogP contribution is 2.37. The topological polar surface area (TPSA) is 56.3 Å². The number of anilines is 1. The Labute approximate surface area is 163 Å². The second kappa shape index (κ2) is 8.61. The van der Waals surface area contributed by atoms with E-state index < -0.39 is 0 Å². The summed E-state index contributed by atoms with van der Waals surface area (Å²) in [4.78, 5) is 10.4. The lowest BCUT2D eigenvalue weighted by atomic mass is 10.1. The van der Waals surface area contributed by atoms with Crippen LogP contribution < -0.4 is 5.32 Å². The van der Waals surface area contributed by atoms with Crippen molar-refractivity contribution in [1.29, 1.82) is 0 Å². The molecule has 0 atom stereocenters. The van der Waals surface area contributed by atoms with Gasteiger partial charge >= 0.3 is 0 Å². The zero-order chi connectivity index (χ0) is 18.5. The van der Waals surface area contributed by atoms with Crippen molar-refractivity contribution in [1.82, 2.24) is 9.97 Å². The van der Waals surface area contributed by atoms with E-state index >= 15 is 0 Å². The number of rotatable bonds is 7. The molecule has 0 fully saturated rings. The summed E-state index contributed by atoms with van der Waals surface area (Å²) < 4.78 is 10.6. The first kappa shape index (κ1) is 18.1. The van der Waals surface area contributed by atoms with E-state index in [9.17, 15) is 0 Å². The molecule has 1 aliphatic heterocycles. The van der Waals surface area contributed by atoms with Crippen molar-refractivity contribution in [3.8, 4) is 11.1 Å². The fourth-order valence-electron chi connectivity index (χ4n) is 3.27. The number of nitrogens with zero attached hydrogens (tertiary/aromatic N) is 2.